The van der Waals surface area contributed by atoms with Gasteiger partial charge in [0.05, 0.1) is 11.6 Å². The Balaban J connectivity index is 2.41. The molecule has 1 aromatic heterocycles. The Hall–Kier alpha value is -1.59. The molecule has 0 saturated heterocycles. The number of esters is 1. The predicted octanol–water partition coefficient (Wildman–Crippen LogP) is 3.35. The van der Waals surface area contributed by atoms with Crippen molar-refractivity contribution in [1.82, 2.24) is 4.98 Å². The maximum atomic E-state index is 11.6. The van der Waals surface area contributed by atoms with Gasteiger partial charge in [0.1, 0.15) is 5.01 Å². The zero-order valence-electron chi connectivity index (χ0n) is 9.51. The molecule has 0 radical (unpaired) electrons. The predicted molar refractivity (Wildman–Crippen MR) is 70.2 cm³/mol. The van der Waals surface area contributed by atoms with Gasteiger partial charge in [0.15, 0.2) is 4.88 Å². The second kappa shape index (κ2) is 5.37. The van der Waals surface area contributed by atoms with E-state index >= 15 is 0 Å². The van der Waals surface area contributed by atoms with Crippen molar-refractivity contribution in [3.05, 3.63) is 34.2 Å². The van der Waals surface area contributed by atoms with Crippen molar-refractivity contribution in [1.29, 1.82) is 0 Å². The molecule has 2 rings (SSSR count). The number of carbonyl (C=O) groups excluding carboxylic acids is 1. The normalized spacial score (nSPS) is 10.3. The van der Waals surface area contributed by atoms with Crippen LogP contribution in [0, 0.1) is 0 Å². The second-order valence-corrected chi connectivity index (χ2v) is 4.78. The minimum absolute atomic E-state index is 0.0896. The summed E-state index contributed by atoms with van der Waals surface area (Å²) >= 11 is 7.08. The highest BCUT2D eigenvalue weighted by atomic mass is 35.5. The quantitative estimate of drug-likeness (QED) is 0.878. The van der Waals surface area contributed by atoms with Gasteiger partial charge in [-0.3, -0.25) is 0 Å². The maximum absolute atomic E-state index is 11.6. The molecule has 0 aliphatic heterocycles. The molecular formula is C12H10ClNO3S. The molecule has 0 aliphatic rings. The molecule has 1 aromatic carbocycles. The largest absolute Gasteiger partial charge is 0.492 e. The van der Waals surface area contributed by atoms with Crippen LogP contribution < -0.4 is 0 Å². The molecule has 0 aliphatic carbocycles. The second-order valence-electron chi connectivity index (χ2n) is 3.37. The Morgan fingerprint density at radius 3 is 2.89 bits per heavy atom. The molecular weight excluding hydrogens is 274 g/mol. The van der Waals surface area contributed by atoms with E-state index in [-0.39, 0.29) is 17.4 Å². The SMILES string of the molecule is CCOC(=O)c1sc(-c2ccccc2Cl)nc1O. The summed E-state index contributed by atoms with van der Waals surface area (Å²) in [6.45, 7) is 1.95. The number of aromatic nitrogens is 1. The van der Waals surface area contributed by atoms with E-state index in [1.54, 1.807) is 25.1 Å². The molecule has 0 saturated carbocycles. The molecule has 0 bridgehead atoms. The fourth-order valence-corrected chi connectivity index (χ4v) is 2.57. The molecule has 2 aromatic rings. The van der Waals surface area contributed by atoms with E-state index in [0.717, 1.165) is 11.3 Å². The Morgan fingerprint density at radius 2 is 2.22 bits per heavy atom. The van der Waals surface area contributed by atoms with Crippen molar-refractivity contribution in [2.45, 2.75) is 6.92 Å². The summed E-state index contributed by atoms with van der Waals surface area (Å²) in [4.78, 5) is 15.6. The van der Waals surface area contributed by atoms with Gasteiger partial charge >= 0.3 is 5.97 Å². The third-order valence-electron chi connectivity index (χ3n) is 2.17. The highest BCUT2D eigenvalue weighted by Gasteiger charge is 2.20. The summed E-state index contributed by atoms with van der Waals surface area (Å²) in [5.74, 6) is -0.904. The van der Waals surface area contributed by atoms with Gasteiger partial charge in [-0.15, -0.1) is 11.3 Å². The number of rotatable bonds is 3. The number of nitrogens with zero attached hydrogens (tertiary/aromatic N) is 1. The van der Waals surface area contributed by atoms with E-state index < -0.39 is 5.97 Å². The van der Waals surface area contributed by atoms with Crippen molar-refractivity contribution < 1.29 is 14.6 Å². The Morgan fingerprint density at radius 1 is 1.50 bits per heavy atom. The van der Waals surface area contributed by atoms with E-state index in [0.29, 0.717) is 15.6 Å². The molecule has 94 valence electrons. The van der Waals surface area contributed by atoms with E-state index in [4.69, 9.17) is 16.3 Å². The van der Waals surface area contributed by atoms with Crippen molar-refractivity contribution in [2.75, 3.05) is 6.61 Å². The average molecular weight is 284 g/mol. The first-order valence-corrected chi connectivity index (χ1v) is 6.44. The van der Waals surface area contributed by atoms with Gasteiger partial charge in [-0.1, -0.05) is 29.8 Å². The van der Waals surface area contributed by atoms with Crippen LogP contribution in [0.1, 0.15) is 16.6 Å². The number of hydrogen-bond donors (Lipinski definition) is 1. The molecule has 0 atom stereocenters. The average Bonchev–Trinajstić information content (AvgIpc) is 2.72. The number of hydrogen-bond acceptors (Lipinski definition) is 5. The molecule has 18 heavy (non-hydrogen) atoms. The number of halogens is 1. The fraction of sp³-hybridized carbons (Fsp3) is 0.167. The summed E-state index contributed by atoms with van der Waals surface area (Å²) in [5, 5.41) is 10.6. The molecule has 4 nitrogen and oxygen atoms in total. The molecule has 6 heteroatoms. The summed E-state index contributed by atoms with van der Waals surface area (Å²) in [7, 11) is 0. The summed E-state index contributed by atoms with van der Waals surface area (Å²) < 4.78 is 4.83. The van der Waals surface area contributed by atoms with Gasteiger partial charge in [0.2, 0.25) is 5.88 Å². The molecule has 0 fully saturated rings. The molecule has 0 amide bonds. The Labute approximate surface area is 113 Å². The minimum atomic E-state index is -0.578. The number of aromatic hydroxyl groups is 1. The summed E-state index contributed by atoms with van der Waals surface area (Å²) in [6, 6.07) is 7.10. The van der Waals surface area contributed by atoms with Gasteiger partial charge < -0.3 is 9.84 Å². The molecule has 0 spiro atoms. The van der Waals surface area contributed by atoms with Crippen LogP contribution in [-0.2, 0) is 4.74 Å². The lowest BCUT2D eigenvalue weighted by atomic mass is 10.2. The number of carbonyl (C=O) groups is 1. The van der Waals surface area contributed by atoms with Gasteiger partial charge in [-0.25, -0.2) is 9.78 Å². The first kappa shape index (κ1) is 12.9. The third-order valence-corrected chi connectivity index (χ3v) is 3.56. The van der Waals surface area contributed by atoms with E-state index in [2.05, 4.69) is 4.98 Å². The van der Waals surface area contributed by atoms with Crippen LogP contribution in [0.25, 0.3) is 10.6 Å². The lowest BCUT2D eigenvalue weighted by Gasteiger charge is -1.98. The van der Waals surface area contributed by atoms with Crippen molar-refractivity contribution in [3.8, 4) is 16.5 Å². The number of benzene rings is 1. The van der Waals surface area contributed by atoms with Crippen LogP contribution in [-0.4, -0.2) is 22.7 Å². The van der Waals surface area contributed by atoms with Gasteiger partial charge in [0, 0.05) is 5.56 Å². The highest BCUT2D eigenvalue weighted by molar-refractivity contribution is 7.17. The lowest BCUT2D eigenvalue weighted by molar-refractivity contribution is 0.0528. The van der Waals surface area contributed by atoms with Crippen LogP contribution in [0.3, 0.4) is 0 Å². The monoisotopic (exact) mass is 283 g/mol. The zero-order chi connectivity index (χ0) is 13.1. The Bertz CT molecular complexity index is 582. The highest BCUT2D eigenvalue weighted by Crippen LogP contribution is 2.35. The van der Waals surface area contributed by atoms with Crippen molar-refractivity contribution in [2.24, 2.45) is 0 Å². The molecule has 1 heterocycles. The van der Waals surface area contributed by atoms with Gasteiger partial charge in [-0.2, -0.15) is 0 Å². The Kier molecular flexibility index (Phi) is 3.84. The van der Waals surface area contributed by atoms with Crippen molar-refractivity contribution >= 4 is 28.9 Å². The van der Waals surface area contributed by atoms with Crippen LogP contribution in [0.15, 0.2) is 24.3 Å². The summed E-state index contributed by atoms with van der Waals surface area (Å²) in [6.07, 6.45) is 0. The summed E-state index contributed by atoms with van der Waals surface area (Å²) in [5.41, 5.74) is 0.676. The first-order valence-electron chi connectivity index (χ1n) is 5.25. The topological polar surface area (TPSA) is 59.4 Å². The van der Waals surface area contributed by atoms with Crippen LogP contribution in [0.5, 0.6) is 5.88 Å². The van der Waals surface area contributed by atoms with E-state index in [9.17, 15) is 9.90 Å². The first-order chi connectivity index (χ1) is 8.63. The number of ether oxygens (including phenoxy) is 1. The van der Waals surface area contributed by atoms with Crippen molar-refractivity contribution in [3.63, 3.8) is 0 Å². The fourth-order valence-electron chi connectivity index (χ4n) is 1.39. The smallest absolute Gasteiger partial charge is 0.353 e. The number of thiazole rings is 1. The van der Waals surface area contributed by atoms with Crippen LogP contribution >= 0.6 is 22.9 Å². The van der Waals surface area contributed by atoms with Crippen LogP contribution in [0.2, 0.25) is 5.02 Å². The zero-order valence-corrected chi connectivity index (χ0v) is 11.1. The van der Waals surface area contributed by atoms with Gasteiger partial charge in [0.25, 0.3) is 0 Å². The third kappa shape index (κ3) is 2.47. The molecule has 0 unspecified atom stereocenters. The maximum Gasteiger partial charge on any atom is 0.353 e. The van der Waals surface area contributed by atoms with E-state index in [1.807, 2.05) is 6.07 Å². The molecule has 1 N–H and O–H groups in total. The lowest BCUT2D eigenvalue weighted by Crippen LogP contribution is -2.02. The van der Waals surface area contributed by atoms with Crippen LogP contribution in [0.4, 0.5) is 0 Å². The standard InChI is InChI=1S/C12H10ClNO3S/c1-2-17-12(16)9-10(15)14-11(18-9)7-5-3-4-6-8(7)13/h3-6,15H,2H2,1H3. The van der Waals surface area contributed by atoms with E-state index in [1.165, 1.54) is 0 Å². The minimum Gasteiger partial charge on any atom is -0.492 e. The van der Waals surface area contributed by atoms with Gasteiger partial charge in [-0.05, 0) is 13.0 Å².